The van der Waals surface area contributed by atoms with Crippen molar-refractivity contribution in [2.45, 2.75) is 59.7 Å². The molecule has 0 radical (unpaired) electrons. The molecule has 6 nitrogen and oxygen atoms in total. The second kappa shape index (κ2) is 11.5. The molecule has 1 aromatic carbocycles. The maximum atomic E-state index is 5.45. The summed E-state index contributed by atoms with van der Waals surface area (Å²) in [7, 11) is 2.15. The zero-order valence-corrected chi connectivity index (χ0v) is 18.0. The number of hydrogen-bond donors (Lipinski definition) is 2. The molecule has 1 heterocycles. The first kappa shape index (κ1) is 22.0. The van der Waals surface area contributed by atoms with Gasteiger partial charge in [-0.15, -0.1) is 0 Å². The number of likely N-dealkylation sites (N-methyl/N-ethyl adjacent to an activating group) is 1. The molecule has 0 aliphatic rings. The molecular weight excluding hydrogens is 350 g/mol. The number of aryl methyl sites for hydroxylation is 2. The van der Waals surface area contributed by atoms with Gasteiger partial charge in [-0.05, 0) is 32.9 Å². The van der Waals surface area contributed by atoms with Crippen molar-refractivity contribution in [1.82, 2.24) is 20.7 Å². The third kappa shape index (κ3) is 6.37. The molecule has 2 N–H and O–H groups in total. The minimum Gasteiger partial charge on any atom is -0.361 e. The molecule has 0 aliphatic carbocycles. The fraction of sp³-hybridized carbons (Fsp3) is 0.545. The van der Waals surface area contributed by atoms with Crippen molar-refractivity contribution in [1.29, 1.82) is 0 Å². The van der Waals surface area contributed by atoms with E-state index in [2.05, 4.69) is 85.8 Å². The largest absolute Gasteiger partial charge is 0.361 e. The summed E-state index contributed by atoms with van der Waals surface area (Å²) >= 11 is 0. The minimum absolute atomic E-state index is 0.372. The zero-order chi connectivity index (χ0) is 20.4. The van der Waals surface area contributed by atoms with Crippen molar-refractivity contribution < 1.29 is 4.52 Å². The van der Waals surface area contributed by atoms with E-state index >= 15 is 0 Å². The number of nitrogens with zero attached hydrogens (tertiary/aromatic N) is 3. The van der Waals surface area contributed by atoms with Gasteiger partial charge < -0.3 is 15.2 Å². The SMILES string of the molecule is CCNC(=NCc1c(CC)noc1CC)NCC(C)N(C)Cc1ccccc1. The van der Waals surface area contributed by atoms with E-state index < -0.39 is 0 Å². The van der Waals surface area contributed by atoms with Gasteiger partial charge in [0.1, 0.15) is 5.76 Å². The number of rotatable bonds is 10. The summed E-state index contributed by atoms with van der Waals surface area (Å²) in [6.45, 7) is 11.6. The van der Waals surface area contributed by atoms with Crippen molar-refractivity contribution in [3.05, 3.63) is 52.9 Å². The Morgan fingerprint density at radius 3 is 2.54 bits per heavy atom. The molecule has 0 saturated carbocycles. The quantitative estimate of drug-likeness (QED) is 0.485. The van der Waals surface area contributed by atoms with Crippen molar-refractivity contribution in [2.75, 3.05) is 20.1 Å². The Bertz CT molecular complexity index is 704. The molecule has 0 aliphatic heterocycles. The van der Waals surface area contributed by atoms with Crippen LogP contribution in [0.2, 0.25) is 0 Å². The highest BCUT2D eigenvalue weighted by atomic mass is 16.5. The number of nitrogens with one attached hydrogen (secondary N) is 2. The molecule has 0 amide bonds. The minimum atomic E-state index is 0.372. The molecule has 154 valence electrons. The maximum absolute atomic E-state index is 5.45. The lowest BCUT2D eigenvalue weighted by Gasteiger charge is -2.25. The first-order valence-electron chi connectivity index (χ1n) is 10.3. The molecule has 0 saturated heterocycles. The molecule has 0 fully saturated rings. The van der Waals surface area contributed by atoms with Gasteiger partial charge in [0.25, 0.3) is 0 Å². The van der Waals surface area contributed by atoms with Crippen molar-refractivity contribution >= 4 is 5.96 Å². The van der Waals surface area contributed by atoms with Crippen LogP contribution < -0.4 is 10.6 Å². The van der Waals surface area contributed by atoms with Gasteiger partial charge in [-0.1, -0.05) is 49.3 Å². The van der Waals surface area contributed by atoms with Gasteiger partial charge in [0, 0.05) is 37.7 Å². The fourth-order valence-corrected chi connectivity index (χ4v) is 3.04. The van der Waals surface area contributed by atoms with Gasteiger partial charge in [0.15, 0.2) is 5.96 Å². The number of guanidine groups is 1. The molecule has 6 heteroatoms. The van der Waals surface area contributed by atoms with Crippen LogP contribution in [0.3, 0.4) is 0 Å². The highest BCUT2D eigenvalue weighted by Crippen LogP contribution is 2.16. The number of aromatic nitrogens is 1. The van der Waals surface area contributed by atoms with Crippen LogP contribution in [-0.4, -0.2) is 42.2 Å². The van der Waals surface area contributed by atoms with Crippen LogP contribution in [0.5, 0.6) is 0 Å². The van der Waals surface area contributed by atoms with Crippen molar-refractivity contribution in [2.24, 2.45) is 4.99 Å². The van der Waals surface area contributed by atoms with Crippen molar-refractivity contribution in [3.8, 4) is 0 Å². The summed E-state index contributed by atoms with van der Waals surface area (Å²) in [6, 6.07) is 10.9. The summed E-state index contributed by atoms with van der Waals surface area (Å²) in [4.78, 5) is 7.11. The van der Waals surface area contributed by atoms with Crippen LogP contribution in [0.25, 0.3) is 0 Å². The van der Waals surface area contributed by atoms with Crippen LogP contribution in [-0.2, 0) is 25.9 Å². The molecule has 2 rings (SSSR count). The smallest absolute Gasteiger partial charge is 0.191 e. The molecule has 1 aromatic heterocycles. The van der Waals surface area contributed by atoms with Gasteiger partial charge in [0.2, 0.25) is 0 Å². The highest BCUT2D eigenvalue weighted by molar-refractivity contribution is 5.79. The Balaban J connectivity index is 1.94. The molecule has 2 aromatic rings. The first-order valence-corrected chi connectivity index (χ1v) is 10.3. The summed E-state index contributed by atoms with van der Waals surface area (Å²) in [5.41, 5.74) is 3.45. The van der Waals surface area contributed by atoms with Gasteiger partial charge in [-0.3, -0.25) is 4.90 Å². The first-order chi connectivity index (χ1) is 13.6. The third-order valence-corrected chi connectivity index (χ3v) is 4.94. The van der Waals surface area contributed by atoms with Crippen LogP contribution >= 0.6 is 0 Å². The van der Waals surface area contributed by atoms with E-state index in [1.807, 2.05) is 0 Å². The van der Waals surface area contributed by atoms with Crippen LogP contribution in [0.1, 0.15) is 50.3 Å². The second-order valence-electron chi connectivity index (χ2n) is 7.06. The third-order valence-electron chi connectivity index (χ3n) is 4.94. The molecule has 28 heavy (non-hydrogen) atoms. The van der Waals surface area contributed by atoms with E-state index in [0.29, 0.717) is 12.6 Å². The maximum Gasteiger partial charge on any atom is 0.191 e. The van der Waals surface area contributed by atoms with Crippen LogP contribution in [0, 0.1) is 0 Å². The topological polar surface area (TPSA) is 65.7 Å². The van der Waals surface area contributed by atoms with Gasteiger partial charge in [-0.2, -0.15) is 0 Å². The number of benzene rings is 1. The summed E-state index contributed by atoms with van der Waals surface area (Å²) in [5, 5.41) is 11.0. The monoisotopic (exact) mass is 385 g/mol. The normalized spacial score (nSPS) is 13.0. The van der Waals surface area contributed by atoms with Crippen LogP contribution in [0.4, 0.5) is 0 Å². The summed E-state index contributed by atoms with van der Waals surface area (Å²) in [6.07, 6.45) is 1.70. The predicted octanol–water partition coefficient (Wildman–Crippen LogP) is 3.38. The summed E-state index contributed by atoms with van der Waals surface area (Å²) < 4.78 is 5.45. The van der Waals surface area contributed by atoms with Gasteiger partial charge in [0.05, 0.1) is 12.2 Å². The lowest BCUT2D eigenvalue weighted by molar-refractivity contribution is 0.249. The predicted molar refractivity (Wildman–Crippen MR) is 115 cm³/mol. The molecular formula is C22H35N5O. The van der Waals surface area contributed by atoms with Gasteiger partial charge >= 0.3 is 0 Å². The number of aliphatic imine (C=N–C) groups is 1. The highest BCUT2D eigenvalue weighted by Gasteiger charge is 2.14. The molecule has 0 spiro atoms. The average molecular weight is 386 g/mol. The second-order valence-corrected chi connectivity index (χ2v) is 7.06. The summed E-state index contributed by atoms with van der Waals surface area (Å²) in [5.74, 6) is 1.76. The standard InChI is InChI=1S/C22H35N5O/c1-6-20-19(21(7-2)28-26-20)15-25-22(23-8-3)24-14-17(4)27(5)16-18-12-10-9-11-13-18/h9-13,17H,6-8,14-16H2,1-5H3,(H2,23,24,25). The Morgan fingerprint density at radius 1 is 1.14 bits per heavy atom. The Labute approximate surface area is 169 Å². The van der Waals surface area contributed by atoms with E-state index in [4.69, 9.17) is 9.52 Å². The molecule has 1 unspecified atom stereocenters. The zero-order valence-electron chi connectivity index (χ0n) is 18.0. The average Bonchev–Trinajstić information content (AvgIpc) is 3.12. The van der Waals surface area contributed by atoms with Crippen LogP contribution in [0.15, 0.2) is 39.8 Å². The van der Waals surface area contributed by atoms with E-state index in [1.54, 1.807) is 0 Å². The van der Waals surface area contributed by atoms with Gasteiger partial charge in [-0.25, -0.2) is 4.99 Å². The van der Waals surface area contributed by atoms with E-state index in [0.717, 1.165) is 55.5 Å². The lowest BCUT2D eigenvalue weighted by Crippen LogP contribution is -2.44. The Morgan fingerprint density at radius 2 is 1.89 bits per heavy atom. The Hall–Kier alpha value is -2.34. The Kier molecular flexibility index (Phi) is 9.01. The van der Waals surface area contributed by atoms with E-state index in [-0.39, 0.29) is 0 Å². The van der Waals surface area contributed by atoms with E-state index in [1.165, 1.54) is 5.56 Å². The van der Waals surface area contributed by atoms with E-state index in [9.17, 15) is 0 Å². The molecule has 1 atom stereocenters. The number of hydrogen-bond acceptors (Lipinski definition) is 4. The fourth-order valence-electron chi connectivity index (χ4n) is 3.04. The van der Waals surface area contributed by atoms with Crippen molar-refractivity contribution in [3.63, 3.8) is 0 Å². The lowest BCUT2D eigenvalue weighted by atomic mass is 10.1. The molecule has 0 bridgehead atoms.